The summed E-state index contributed by atoms with van der Waals surface area (Å²) < 4.78 is 1.50. The van der Waals surface area contributed by atoms with Gasteiger partial charge >= 0.3 is 0 Å². The zero-order valence-electron chi connectivity index (χ0n) is 8.76. The molecule has 0 radical (unpaired) electrons. The monoisotopic (exact) mass is 212 g/mol. The third kappa shape index (κ3) is 3.67. The second-order valence-electron chi connectivity index (χ2n) is 3.27. The standard InChI is InChI=1S/C9H16N4O2/c1-8(13-7-10-6-12-13)9(15)11-4-2-3-5-14/h6-8,14H,2-5H2,1H3,(H,11,15). The second-order valence-corrected chi connectivity index (χ2v) is 3.27. The van der Waals surface area contributed by atoms with Gasteiger partial charge in [0.15, 0.2) is 0 Å². The number of hydrogen-bond acceptors (Lipinski definition) is 4. The average molecular weight is 212 g/mol. The van der Waals surface area contributed by atoms with Crippen LogP contribution in [-0.2, 0) is 4.79 Å². The average Bonchev–Trinajstić information content (AvgIpc) is 2.76. The molecule has 6 heteroatoms. The van der Waals surface area contributed by atoms with E-state index < -0.39 is 0 Å². The van der Waals surface area contributed by atoms with E-state index in [1.807, 2.05) is 0 Å². The van der Waals surface area contributed by atoms with Crippen LogP contribution >= 0.6 is 0 Å². The maximum Gasteiger partial charge on any atom is 0.244 e. The molecule has 1 atom stereocenters. The number of aliphatic hydroxyl groups is 1. The molecular weight excluding hydrogens is 196 g/mol. The molecule has 0 spiro atoms. The van der Waals surface area contributed by atoms with Crippen LogP contribution in [-0.4, -0.2) is 38.9 Å². The van der Waals surface area contributed by atoms with Gasteiger partial charge in [-0.2, -0.15) is 5.10 Å². The van der Waals surface area contributed by atoms with E-state index in [1.165, 1.54) is 17.3 Å². The van der Waals surface area contributed by atoms with Crippen molar-refractivity contribution in [2.75, 3.05) is 13.2 Å². The van der Waals surface area contributed by atoms with Crippen LogP contribution in [0.15, 0.2) is 12.7 Å². The molecule has 0 bridgehead atoms. The summed E-state index contributed by atoms with van der Waals surface area (Å²) in [6, 6.07) is -0.346. The number of nitrogens with zero attached hydrogens (tertiary/aromatic N) is 3. The highest BCUT2D eigenvalue weighted by atomic mass is 16.2. The first-order valence-corrected chi connectivity index (χ1v) is 4.98. The highest BCUT2D eigenvalue weighted by Crippen LogP contribution is 2.01. The predicted octanol–water partition coefficient (Wildman–Crippen LogP) is -0.272. The maximum absolute atomic E-state index is 11.5. The molecule has 6 nitrogen and oxygen atoms in total. The van der Waals surface area contributed by atoms with Gasteiger partial charge in [-0.25, -0.2) is 9.67 Å². The van der Waals surface area contributed by atoms with E-state index >= 15 is 0 Å². The third-order valence-electron chi connectivity index (χ3n) is 2.10. The molecule has 0 saturated heterocycles. The molecule has 1 aromatic rings. The first kappa shape index (κ1) is 11.6. The van der Waals surface area contributed by atoms with Gasteiger partial charge in [0.05, 0.1) is 0 Å². The first-order valence-electron chi connectivity index (χ1n) is 4.98. The van der Waals surface area contributed by atoms with E-state index in [-0.39, 0.29) is 18.6 Å². The Morgan fingerprint density at radius 2 is 2.40 bits per heavy atom. The number of unbranched alkanes of at least 4 members (excludes halogenated alkanes) is 1. The van der Waals surface area contributed by atoms with E-state index in [1.54, 1.807) is 6.92 Å². The summed E-state index contributed by atoms with van der Waals surface area (Å²) in [5.74, 6) is -0.0848. The number of carbonyl (C=O) groups is 1. The van der Waals surface area contributed by atoms with Crippen LogP contribution in [0.1, 0.15) is 25.8 Å². The van der Waals surface area contributed by atoms with E-state index in [0.717, 1.165) is 6.42 Å². The number of hydrogen-bond donors (Lipinski definition) is 2. The Morgan fingerprint density at radius 3 is 3.00 bits per heavy atom. The first-order chi connectivity index (χ1) is 7.25. The van der Waals surface area contributed by atoms with Gasteiger partial charge in [-0.1, -0.05) is 0 Å². The van der Waals surface area contributed by atoms with Crippen LogP contribution in [0, 0.1) is 0 Å². The van der Waals surface area contributed by atoms with Crippen molar-refractivity contribution in [3.05, 3.63) is 12.7 Å². The molecule has 0 saturated carbocycles. The summed E-state index contributed by atoms with van der Waals surface area (Å²) in [4.78, 5) is 15.3. The van der Waals surface area contributed by atoms with Crippen molar-refractivity contribution in [1.82, 2.24) is 20.1 Å². The Bertz CT molecular complexity index is 286. The second kappa shape index (κ2) is 6.13. The molecule has 1 amide bonds. The van der Waals surface area contributed by atoms with Gasteiger partial charge in [-0.15, -0.1) is 0 Å². The highest BCUT2D eigenvalue weighted by molar-refractivity contribution is 5.79. The Labute approximate surface area is 88.3 Å². The number of rotatable bonds is 6. The Balaban J connectivity index is 2.28. The fraction of sp³-hybridized carbons (Fsp3) is 0.667. The molecule has 0 aliphatic heterocycles. The smallest absolute Gasteiger partial charge is 0.244 e. The number of nitrogens with one attached hydrogen (secondary N) is 1. The lowest BCUT2D eigenvalue weighted by atomic mass is 10.3. The minimum Gasteiger partial charge on any atom is -0.396 e. The molecular formula is C9H16N4O2. The number of aromatic nitrogens is 3. The third-order valence-corrected chi connectivity index (χ3v) is 2.10. The summed E-state index contributed by atoms with van der Waals surface area (Å²) in [5.41, 5.74) is 0. The van der Waals surface area contributed by atoms with Gasteiger partial charge in [0.2, 0.25) is 5.91 Å². The summed E-state index contributed by atoms with van der Waals surface area (Å²) in [5, 5.41) is 15.2. The van der Waals surface area contributed by atoms with E-state index in [4.69, 9.17) is 5.11 Å². The summed E-state index contributed by atoms with van der Waals surface area (Å²) in [7, 11) is 0. The van der Waals surface area contributed by atoms with Crippen molar-refractivity contribution in [2.45, 2.75) is 25.8 Å². The normalized spacial score (nSPS) is 12.4. The molecule has 1 rings (SSSR count). The molecule has 1 heterocycles. The zero-order chi connectivity index (χ0) is 11.1. The van der Waals surface area contributed by atoms with E-state index in [9.17, 15) is 4.79 Å². The van der Waals surface area contributed by atoms with Crippen molar-refractivity contribution < 1.29 is 9.90 Å². The van der Waals surface area contributed by atoms with Gasteiger partial charge in [0.25, 0.3) is 0 Å². The van der Waals surface area contributed by atoms with Gasteiger partial charge in [0, 0.05) is 13.2 Å². The molecule has 0 fully saturated rings. The molecule has 0 aliphatic carbocycles. The van der Waals surface area contributed by atoms with Crippen LogP contribution in [0.5, 0.6) is 0 Å². The highest BCUT2D eigenvalue weighted by Gasteiger charge is 2.13. The maximum atomic E-state index is 11.5. The molecule has 15 heavy (non-hydrogen) atoms. The lowest BCUT2D eigenvalue weighted by Gasteiger charge is -2.11. The minimum atomic E-state index is -0.346. The summed E-state index contributed by atoms with van der Waals surface area (Å²) in [6.07, 6.45) is 4.40. The Morgan fingerprint density at radius 1 is 1.60 bits per heavy atom. The van der Waals surface area contributed by atoms with Crippen molar-refractivity contribution in [3.8, 4) is 0 Å². The fourth-order valence-electron chi connectivity index (χ4n) is 1.13. The van der Waals surface area contributed by atoms with Gasteiger partial charge in [0.1, 0.15) is 18.7 Å². The molecule has 0 aliphatic rings. The summed E-state index contributed by atoms with van der Waals surface area (Å²) >= 11 is 0. The van der Waals surface area contributed by atoms with Crippen molar-refractivity contribution in [3.63, 3.8) is 0 Å². The summed E-state index contributed by atoms with van der Waals surface area (Å²) in [6.45, 7) is 2.50. The van der Waals surface area contributed by atoms with Gasteiger partial charge < -0.3 is 10.4 Å². The van der Waals surface area contributed by atoms with Crippen LogP contribution < -0.4 is 5.32 Å². The number of amides is 1. The van der Waals surface area contributed by atoms with E-state index in [0.29, 0.717) is 13.0 Å². The van der Waals surface area contributed by atoms with Crippen molar-refractivity contribution in [1.29, 1.82) is 0 Å². The minimum absolute atomic E-state index is 0.0848. The quantitative estimate of drug-likeness (QED) is 0.636. The van der Waals surface area contributed by atoms with Crippen molar-refractivity contribution >= 4 is 5.91 Å². The zero-order valence-corrected chi connectivity index (χ0v) is 8.76. The molecule has 84 valence electrons. The fourth-order valence-corrected chi connectivity index (χ4v) is 1.13. The Hall–Kier alpha value is -1.43. The van der Waals surface area contributed by atoms with Crippen LogP contribution in [0.3, 0.4) is 0 Å². The van der Waals surface area contributed by atoms with Gasteiger partial charge in [-0.3, -0.25) is 4.79 Å². The van der Waals surface area contributed by atoms with Crippen LogP contribution in [0.2, 0.25) is 0 Å². The Kier molecular flexibility index (Phi) is 4.76. The molecule has 2 N–H and O–H groups in total. The largest absolute Gasteiger partial charge is 0.396 e. The SMILES string of the molecule is CC(C(=O)NCCCCO)n1cncn1. The van der Waals surface area contributed by atoms with Gasteiger partial charge in [-0.05, 0) is 19.8 Å². The van der Waals surface area contributed by atoms with Crippen molar-refractivity contribution in [2.24, 2.45) is 0 Å². The molecule has 1 unspecified atom stereocenters. The van der Waals surface area contributed by atoms with E-state index in [2.05, 4.69) is 15.4 Å². The van der Waals surface area contributed by atoms with Crippen LogP contribution in [0.25, 0.3) is 0 Å². The molecule has 1 aromatic heterocycles. The lowest BCUT2D eigenvalue weighted by Crippen LogP contribution is -2.32. The number of aliphatic hydroxyl groups excluding tert-OH is 1. The van der Waals surface area contributed by atoms with Crippen LogP contribution in [0.4, 0.5) is 0 Å². The lowest BCUT2D eigenvalue weighted by molar-refractivity contribution is -0.124. The predicted molar refractivity (Wildman–Crippen MR) is 54.1 cm³/mol. The molecule has 0 aromatic carbocycles. The topological polar surface area (TPSA) is 80.0 Å². The number of carbonyl (C=O) groups excluding carboxylic acids is 1.